The number of H-pyrrole nitrogens is 1. The van der Waals surface area contributed by atoms with E-state index in [4.69, 9.17) is 17.2 Å². The van der Waals surface area contributed by atoms with Crippen LogP contribution in [0.4, 0.5) is 0 Å². The van der Waals surface area contributed by atoms with E-state index >= 15 is 0 Å². The Hall–Kier alpha value is -8.41. The number of aromatic nitrogens is 1. The molecule has 80 heavy (non-hydrogen) atoms. The number of rotatable bonds is 17. The van der Waals surface area contributed by atoms with Gasteiger partial charge in [0.25, 0.3) is 11.8 Å². The van der Waals surface area contributed by atoms with Gasteiger partial charge in [0, 0.05) is 67.3 Å². The Morgan fingerprint density at radius 2 is 1.41 bits per heavy atom. The molecule has 0 bridgehead atoms. The van der Waals surface area contributed by atoms with E-state index < -0.39 is 96.0 Å². The maximum absolute atomic E-state index is 14.7. The molecule has 0 spiro atoms. The number of para-hydroxylation sites is 1. The smallest absolute Gasteiger partial charge is 0.268 e. The number of thioether (sulfide) groups is 1. The fourth-order valence-corrected chi connectivity index (χ4v) is 10.2. The normalized spacial score (nSPS) is 21.6. The van der Waals surface area contributed by atoms with Crippen LogP contribution in [0.15, 0.2) is 95.0 Å². The van der Waals surface area contributed by atoms with Gasteiger partial charge in [-0.2, -0.15) is 0 Å². The van der Waals surface area contributed by atoms with Gasteiger partial charge in [-0.3, -0.25) is 48.1 Å². The molecule has 2 aliphatic heterocycles. The molecule has 0 saturated carbocycles. The van der Waals surface area contributed by atoms with Crippen molar-refractivity contribution in [1.82, 2.24) is 41.4 Å². The average molecular weight is 1120 g/mol. The van der Waals surface area contributed by atoms with Crippen molar-refractivity contribution in [3.63, 3.8) is 0 Å². The zero-order valence-corrected chi connectivity index (χ0v) is 45.6. The first kappa shape index (κ1) is 60.8. The number of fused-ring (bicyclic) bond motifs is 2. The summed E-state index contributed by atoms with van der Waals surface area (Å²) in [5.74, 6) is -7.14. The minimum atomic E-state index is -1.43. The van der Waals surface area contributed by atoms with E-state index in [1.165, 1.54) is 21.9 Å². The standard InChI is InChI=1S/C56H71N13O10S/c1-2-3-4-10-24-68-31-47(71)65-45(28-38-29-61-41-16-9-8-15-40(38)41)55(79)69-25-12-18-46(69)54(78)63-39(32-70)33-80-34-48(72)64-43(26-35-13-6-5-7-14-35)52(76)67-44(27-36-19-21-37(22-20-36)50(57)74)53(77)66-42(17-11-23-60-56(58)59)51(75)62-30-49(68)73/h5-9,13-16,19-22,29-30,32,39,42-46,61H,2-4,10-12,17-18,23-28,31,33-34H2,1H3,(H2,57,74)(H,63,78)(H,64,72)(H,65,71)(H,66,77)(H,67,76)(H4,58,59,60)/t39-,42+,43+,44+,45+,46+/m1/s1. The number of nitrogens with zero attached hydrogens (tertiary/aromatic N) is 4. The number of amides is 9. The molecule has 3 aromatic carbocycles. The van der Waals surface area contributed by atoms with E-state index in [1.54, 1.807) is 48.7 Å². The summed E-state index contributed by atoms with van der Waals surface area (Å²) in [7, 11) is 0. The molecule has 23 nitrogen and oxygen atoms in total. The summed E-state index contributed by atoms with van der Waals surface area (Å²) in [6.07, 6.45) is 6.47. The maximum Gasteiger partial charge on any atom is 0.268 e. The van der Waals surface area contributed by atoms with Crippen LogP contribution < -0.4 is 43.8 Å². The Bertz CT molecular complexity index is 2890. The topological polar surface area (TPSA) is 356 Å². The molecule has 426 valence electrons. The molecule has 12 N–H and O–H groups in total. The van der Waals surface area contributed by atoms with Crippen molar-refractivity contribution in [2.75, 3.05) is 37.7 Å². The second kappa shape index (κ2) is 30.7. The highest BCUT2D eigenvalue weighted by Crippen LogP contribution is 2.24. The largest absolute Gasteiger partial charge is 0.370 e. The first-order chi connectivity index (χ1) is 38.5. The highest BCUT2D eigenvalue weighted by atomic mass is 32.2. The van der Waals surface area contributed by atoms with Gasteiger partial charge in [-0.15, -0.1) is 11.8 Å². The molecule has 4 aromatic rings. The SMILES string of the molecule is CCCCCCN1CC(=O)N[C@@H](Cc2c[nH]c3ccccc23)C(=O)N2CCC[C@H]2C(=O)N[C@H](C=O)CSCC(=O)N[C@@H](Cc2ccccc2)C(=O)N[C@@H](Cc2ccc(C(N)=O)cc2)C(=O)N[C@@H](CCCN=C(N)N)C(=O)N=CC1=O. The van der Waals surface area contributed by atoms with Gasteiger partial charge in [0.15, 0.2) is 5.96 Å². The van der Waals surface area contributed by atoms with Gasteiger partial charge < -0.3 is 63.4 Å². The van der Waals surface area contributed by atoms with Crippen molar-refractivity contribution in [2.24, 2.45) is 27.2 Å². The Balaban J connectivity index is 1.37. The Morgan fingerprint density at radius 3 is 2.11 bits per heavy atom. The lowest BCUT2D eigenvalue weighted by Crippen LogP contribution is -2.57. The third-order valence-electron chi connectivity index (χ3n) is 13.6. The number of guanidine groups is 1. The van der Waals surface area contributed by atoms with E-state index in [2.05, 4.69) is 41.6 Å². The molecular weight excluding hydrogens is 1050 g/mol. The number of nitrogens with one attached hydrogen (secondary N) is 6. The van der Waals surface area contributed by atoms with Crippen LogP contribution in [0.25, 0.3) is 10.9 Å². The average Bonchev–Trinajstić information content (AvgIpc) is 4.12. The number of aliphatic imine (C=N–C) groups is 2. The predicted octanol–water partition coefficient (Wildman–Crippen LogP) is 0.715. The van der Waals surface area contributed by atoms with Gasteiger partial charge in [-0.25, -0.2) is 4.99 Å². The number of unbranched alkanes of at least 4 members (excludes halogenated alkanes) is 3. The molecule has 1 saturated heterocycles. The van der Waals surface area contributed by atoms with Crippen molar-refractivity contribution in [3.05, 3.63) is 107 Å². The number of hydrogen-bond donors (Lipinski definition) is 9. The van der Waals surface area contributed by atoms with Gasteiger partial charge in [0.2, 0.25) is 41.4 Å². The molecule has 3 heterocycles. The van der Waals surface area contributed by atoms with Crippen LogP contribution in [0, 0.1) is 0 Å². The molecule has 6 atom stereocenters. The van der Waals surface area contributed by atoms with Gasteiger partial charge in [-0.1, -0.05) is 86.8 Å². The van der Waals surface area contributed by atoms with Gasteiger partial charge >= 0.3 is 0 Å². The number of aldehydes is 1. The highest BCUT2D eigenvalue weighted by molar-refractivity contribution is 8.00. The second-order valence-corrected chi connectivity index (χ2v) is 20.7. The number of carbonyl (C=O) groups is 10. The summed E-state index contributed by atoms with van der Waals surface area (Å²) in [4.78, 5) is 152. The lowest BCUT2D eigenvalue weighted by molar-refractivity contribution is -0.142. The molecule has 2 aliphatic rings. The predicted molar refractivity (Wildman–Crippen MR) is 303 cm³/mol. The van der Waals surface area contributed by atoms with Gasteiger partial charge in [-0.05, 0) is 67.0 Å². The third kappa shape index (κ3) is 18.3. The van der Waals surface area contributed by atoms with Crippen LogP contribution in [0.3, 0.4) is 0 Å². The van der Waals surface area contributed by atoms with Crippen LogP contribution in [0.5, 0.6) is 0 Å². The number of hydrogen-bond acceptors (Lipinski definition) is 12. The quantitative estimate of drug-likeness (QED) is 0.0305. The number of nitrogens with two attached hydrogens (primary N) is 3. The fourth-order valence-electron chi connectivity index (χ4n) is 9.45. The number of benzene rings is 3. The summed E-state index contributed by atoms with van der Waals surface area (Å²) in [6.45, 7) is 1.75. The van der Waals surface area contributed by atoms with Gasteiger partial charge in [0.05, 0.1) is 24.6 Å². The molecule has 0 radical (unpaired) electrons. The Morgan fingerprint density at radius 1 is 0.738 bits per heavy atom. The maximum atomic E-state index is 14.7. The van der Waals surface area contributed by atoms with E-state index in [9.17, 15) is 47.9 Å². The van der Waals surface area contributed by atoms with E-state index in [0.29, 0.717) is 42.2 Å². The number of primary amides is 1. The van der Waals surface area contributed by atoms with Gasteiger partial charge in [0.1, 0.15) is 36.5 Å². The molecule has 24 heteroatoms. The number of aromatic amines is 1. The molecule has 1 fully saturated rings. The Labute approximate surface area is 467 Å². The summed E-state index contributed by atoms with van der Waals surface area (Å²) in [6, 6.07) is 14.7. The molecular formula is C56H71N13O10S. The summed E-state index contributed by atoms with van der Waals surface area (Å²) >= 11 is 1.01. The highest BCUT2D eigenvalue weighted by Gasteiger charge is 2.39. The van der Waals surface area contributed by atoms with E-state index in [0.717, 1.165) is 41.7 Å². The van der Waals surface area contributed by atoms with Crippen molar-refractivity contribution in [2.45, 2.75) is 114 Å². The molecule has 9 amide bonds. The molecule has 0 aliphatic carbocycles. The van der Waals surface area contributed by atoms with Crippen molar-refractivity contribution in [1.29, 1.82) is 0 Å². The lowest BCUT2D eigenvalue weighted by Gasteiger charge is -2.30. The monoisotopic (exact) mass is 1120 g/mol. The zero-order valence-electron chi connectivity index (χ0n) is 44.7. The van der Waals surface area contributed by atoms with Crippen molar-refractivity contribution in [3.8, 4) is 0 Å². The second-order valence-electron chi connectivity index (χ2n) is 19.7. The van der Waals surface area contributed by atoms with Crippen molar-refractivity contribution < 1.29 is 47.9 Å². The minimum absolute atomic E-state index is 0.00153. The van der Waals surface area contributed by atoms with Crippen LogP contribution in [0.2, 0.25) is 0 Å². The summed E-state index contributed by atoms with van der Waals surface area (Å²) in [5, 5.41) is 14.5. The van der Waals surface area contributed by atoms with Crippen LogP contribution in [-0.4, -0.2) is 160 Å². The van der Waals surface area contributed by atoms with E-state index in [-0.39, 0.29) is 81.2 Å². The first-order valence-electron chi connectivity index (χ1n) is 26.8. The summed E-state index contributed by atoms with van der Waals surface area (Å²) < 4.78 is 0. The van der Waals surface area contributed by atoms with E-state index in [1.807, 2.05) is 31.2 Å². The first-order valence-corrected chi connectivity index (χ1v) is 27.9. The molecule has 6 rings (SSSR count). The zero-order chi connectivity index (χ0) is 57.6. The third-order valence-corrected chi connectivity index (χ3v) is 14.7. The molecule has 0 unspecified atom stereocenters. The fraction of sp³-hybridized carbons (Fsp3) is 0.429. The van der Waals surface area contributed by atoms with Crippen LogP contribution >= 0.6 is 11.8 Å². The molecule has 1 aromatic heterocycles. The minimum Gasteiger partial charge on any atom is -0.370 e. The lowest BCUT2D eigenvalue weighted by atomic mass is 10.0. The Kier molecular flexibility index (Phi) is 23.3. The van der Waals surface area contributed by atoms with Crippen molar-refractivity contribution >= 4 is 94.3 Å². The summed E-state index contributed by atoms with van der Waals surface area (Å²) in [5.41, 5.74) is 19.4. The van der Waals surface area contributed by atoms with Crippen LogP contribution in [-0.2, 0) is 62.4 Å². The number of carbonyl (C=O) groups excluding carboxylic acids is 10. The van der Waals surface area contributed by atoms with Crippen LogP contribution in [0.1, 0.15) is 85.3 Å².